The molecule has 4 aromatic carbocycles. The standard InChI is InChI=1S/C35H33N3O4/c1-38-24-32(26-11-5-3-6-12-26)37-33(38)21-22-42-28-19-17-25(18-20-28)23-31(35(40)41-2)36-30-16-10-9-15-29(30)34(39)27-13-7-4-8-14-27/h3-20,24,31,36H,21-23H2,1-2H3/t31-/m0/s1. The van der Waals surface area contributed by atoms with Crippen LogP contribution < -0.4 is 10.1 Å². The summed E-state index contributed by atoms with van der Waals surface area (Å²) in [6, 6.07) is 33.3. The third-order valence-electron chi connectivity index (χ3n) is 7.02. The molecule has 0 aliphatic carbocycles. The van der Waals surface area contributed by atoms with Crippen LogP contribution in [-0.2, 0) is 29.4 Å². The number of methoxy groups -OCH3 is 1. The van der Waals surface area contributed by atoms with Gasteiger partial charge in [0.1, 0.15) is 17.6 Å². The van der Waals surface area contributed by atoms with Crippen LogP contribution in [0.2, 0.25) is 0 Å². The van der Waals surface area contributed by atoms with E-state index in [9.17, 15) is 9.59 Å². The highest BCUT2D eigenvalue weighted by Gasteiger charge is 2.22. The van der Waals surface area contributed by atoms with Gasteiger partial charge in [-0.3, -0.25) is 4.79 Å². The third kappa shape index (κ3) is 6.93. The maximum Gasteiger partial charge on any atom is 0.328 e. The van der Waals surface area contributed by atoms with Gasteiger partial charge in [0.25, 0.3) is 0 Å². The van der Waals surface area contributed by atoms with E-state index in [0.717, 1.165) is 28.4 Å². The van der Waals surface area contributed by atoms with Crippen LogP contribution in [0.3, 0.4) is 0 Å². The summed E-state index contributed by atoms with van der Waals surface area (Å²) in [5, 5.41) is 3.25. The molecule has 0 saturated carbocycles. The van der Waals surface area contributed by atoms with Gasteiger partial charge in [-0.15, -0.1) is 0 Å². The Morgan fingerprint density at radius 2 is 1.52 bits per heavy atom. The molecule has 0 amide bonds. The zero-order valence-corrected chi connectivity index (χ0v) is 23.7. The molecule has 212 valence electrons. The first-order valence-corrected chi connectivity index (χ1v) is 13.8. The van der Waals surface area contributed by atoms with Gasteiger partial charge in [0.05, 0.1) is 19.4 Å². The van der Waals surface area contributed by atoms with Crippen LogP contribution in [0.4, 0.5) is 5.69 Å². The summed E-state index contributed by atoms with van der Waals surface area (Å²) >= 11 is 0. The number of carbonyl (C=O) groups is 2. The number of ether oxygens (including phenoxy) is 2. The van der Waals surface area contributed by atoms with Crippen molar-refractivity contribution in [2.24, 2.45) is 7.05 Å². The van der Waals surface area contributed by atoms with E-state index in [1.54, 1.807) is 24.3 Å². The lowest BCUT2D eigenvalue weighted by Gasteiger charge is -2.20. The van der Waals surface area contributed by atoms with Gasteiger partial charge < -0.3 is 19.4 Å². The largest absolute Gasteiger partial charge is 0.493 e. The summed E-state index contributed by atoms with van der Waals surface area (Å²) in [6.07, 6.45) is 3.07. The summed E-state index contributed by atoms with van der Waals surface area (Å²) in [5.74, 6) is 1.15. The van der Waals surface area contributed by atoms with Crippen LogP contribution in [0.5, 0.6) is 5.75 Å². The number of hydrogen-bond donors (Lipinski definition) is 1. The number of imidazole rings is 1. The molecule has 1 aromatic heterocycles. The van der Waals surface area contributed by atoms with Crippen LogP contribution in [0, 0.1) is 0 Å². The van der Waals surface area contributed by atoms with Gasteiger partial charge in [0.15, 0.2) is 5.78 Å². The van der Waals surface area contributed by atoms with E-state index < -0.39 is 12.0 Å². The molecule has 0 bridgehead atoms. The first kappa shape index (κ1) is 28.4. The van der Waals surface area contributed by atoms with Crippen molar-refractivity contribution in [1.29, 1.82) is 0 Å². The molecular weight excluding hydrogens is 526 g/mol. The molecule has 0 unspecified atom stereocenters. The minimum absolute atomic E-state index is 0.120. The fourth-order valence-electron chi connectivity index (χ4n) is 4.78. The van der Waals surface area contributed by atoms with Crippen molar-refractivity contribution in [2.45, 2.75) is 18.9 Å². The van der Waals surface area contributed by atoms with Crippen molar-refractivity contribution >= 4 is 17.4 Å². The number of anilines is 1. The molecule has 7 heteroatoms. The SMILES string of the molecule is COC(=O)[C@H](Cc1ccc(OCCc2nc(-c3ccccc3)cn2C)cc1)Nc1ccccc1C(=O)c1ccccc1. The highest BCUT2D eigenvalue weighted by Crippen LogP contribution is 2.23. The van der Waals surface area contributed by atoms with E-state index in [2.05, 4.69) is 5.32 Å². The number of para-hydroxylation sites is 1. The van der Waals surface area contributed by atoms with Crippen LogP contribution >= 0.6 is 0 Å². The summed E-state index contributed by atoms with van der Waals surface area (Å²) < 4.78 is 13.1. The molecule has 5 aromatic rings. The molecule has 0 aliphatic heterocycles. The van der Waals surface area contributed by atoms with E-state index in [-0.39, 0.29) is 5.78 Å². The minimum Gasteiger partial charge on any atom is -0.493 e. The van der Waals surface area contributed by atoms with Crippen molar-refractivity contribution in [1.82, 2.24) is 9.55 Å². The topological polar surface area (TPSA) is 82.4 Å². The smallest absolute Gasteiger partial charge is 0.328 e. The van der Waals surface area contributed by atoms with E-state index in [1.807, 2.05) is 103 Å². The number of hydrogen-bond acceptors (Lipinski definition) is 6. The molecule has 0 saturated heterocycles. The van der Waals surface area contributed by atoms with E-state index in [1.165, 1.54) is 7.11 Å². The van der Waals surface area contributed by atoms with Crippen molar-refractivity contribution in [3.05, 3.63) is 138 Å². The predicted octanol–water partition coefficient (Wildman–Crippen LogP) is 6.14. The van der Waals surface area contributed by atoms with Crippen molar-refractivity contribution in [3.8, 4) is 17.0 Å². The summed E-state index contributed by atoms with van der Waals surface area (Å²) in [4.78, 5) is 30.7. The maximum absolute atomic E-state index is 13.2. The quantitative estimate of drug-likeness (QED) is 0.146. The molecular formula is C35H33N3O4. The van der Waals surface area contributed by atoms with E-state index >= 15 is 0 Å². The van der Waals surface area contributed by atoms with Gasteiger partial charge in [-0.05, 0) is 29.8 Å². The second-order valence-corrected chi connectivity index (χ2v) is 9.93. The van der Waals surface area contributed by atoms with E-state index in [4.69, 9.17) is 14.5 Å². The van der Waals surface area contributed by atoms with Crippen molar-refractivity contribution in [2.75, 3.05) is 19.0 Å². The number of ketones is 1. The van der Waals surface area contributed by atoms with Crippen molar-refractivity contribution in [3.63, 3.8) is 0 Å². The Labute approximate surface area is 245 Å². The van der Waals surface area contributed by atoms with E-state index in [0.29, 0.717) is 36.3 Å². The molecule has 5 rings (SSSR count). The Hall–Kier alpha value is -5.17. The summed E-state index contributed by atoms with van der Waals surface area (Å²) in [6.45, 7) is 0.483. The van der Waals surface area contributed by atoms with Gasteiger partial charge in [0, 0.05) is 48.5 Å². The third-order valence-corrected chi connectivity index (χ3v) is 7.02. The number of aromatic nitrogens is 2. The Kier molecular flexibility index (Phi) is 9.09. The zero-order valence-electron chi connectivity index (χ0n) is 23.7. The lowest BCUT2D eigenvalue weighted by Crippen LogP contribution is -2.33. The molecule has 0 spiro atoms. The highest BCUT2D eigenvalue weighted by molar-refractivity contribution is 6.12. The average Bonchev–Trinajstić information content (AvgIpc) is 3.42. The van der Waals surface area contributed by atoms with Crippen molar-refractivity contribution < 1.29 is 19.1 Å². The van der Waals surface area contributed by atoms with Gasteiger partial charge in [-0.25, -0.2) is 9.78 Å². The lowest BCUT2D eigenvalue weighted by atomic mass is 10.00. The predicted molar refractivity (Wildman–Crippen MR) is 164 cm³/mol. The zero-order chi connectivity index (χ0) is 29.3. The number of aryl methyl sites for hydroxylation is 1. The first-order chi connectivity index (χ1) is 20.5. The molecule has 7 nitrogen and oxygen atoms in total. The molecule has 0 radical (unpaired) electrons. The summed E-state index contributed by atoms with van der Waals surface area (Å²) in [5.41, 5.74) is 4.60. The van der Waals surface area contributed by atoms with Gasteiger partial charge >= 0.3 is 5.97 Å². The second-order valence-electron chi connectivity index (χ2n) is 9.93. The average molecular weight is 560 g/mol. The number of nitrogens with one attached hydrogen (secondary N) is 1. The second kappa shape index (κ2) is 13.5. The van der Waals surface area contributed by atoms with Gasteiger partial charge in [-0.2, -0.15) is 0 Å². The number of rotatable bonds is 12. The van der Waals surface area contributed by atoms with Gasteiger partial charge in [-0.1, -0.05) is 84.9 Å². The number of esters is 1. The van der Waals surface area contributed by atoms with Crippen LogP contribution in [0.1, 0.15) is 27.3 Å². The Balaban J connectivity index is 1.21. The van der Waals surface area contributed by atoms with Crippen LogP contribution in [0.15, 0.2) is 115 Å². The summed E-state index contributed by atoms with van der Waals surface area (Å²) in [7, 11) is 3.35. The molecule has 0 fully saturated rings. The number of carbonyl (C=O) groups excluding carboxylic acids is 2. The fraction of sp³-hybridized carbons (Fsp3) is 0.171. The highest BCUT2D eigenvalue weighted by atomic mass is 16.5. The monoisotopic (exact) mass is 559 g/mol. The Bertz CT molecular complexity index is 1630. The number of nitrogens with zero attached hydrogens (tertiary/aromatic N) is 2. The first-order valence-electron chi connectivity index (χ1n) is 13.8. The lowest BCUT2D eigenvalue weighted by molar-refractivity contribution is -0.141. The number of benzene rings is 4. The molecule has 0 aliphatic rings. The van der Waals surface area contributed by atoms with Gasteiger partial charge in [0.2, 0.25) is 0 Å². The Morgan fingerprint density at radius 1 is 0.857 bits per heavy atom. The molecule has 42 heavy (non-hydrogen) atoms. The Morgan fingerprint density at radius 3 is 2.24 bits per heavy atom. The normalized spacial score (nSPS) is 11.5. The fourth-order valence-corrected chi connectivity index (χ4v) is 4.78. The van der Waals surface area contributed by atoms with Crippen LogP contribution in [0.25, 0.3) is 11.3 Å². The molecule has 1 atom stereocenters. The molecule has 1 heterocycles. The molecule has 1 N–H and O–H groups in total. The minimum atomic E-state index is -0.686. The van der Waals surface area contributed by atoms with Crippen LogP contribution in [-0.4, -0.2) is 41.1 Å². The maximum atomic E-state index is 13.2.